The molecule has 1 unspecified atom stereocenters. The van der Waals surface area contributed by atoms with Crippen LogP contribution in [0, 0.1) is 0 Å². The summed E-state index contributed by atoms with van der Waals surface area (Å²) in [5, 5.41) is 11.4. The summed E-state index contributed by atoms with van der Waals surface area (Å²) in [4.78, 5) is 0. The Kier molecular flexibility index (Phi) is 4.39. The van der Waals surface area contributed by atoms with E-state index in [1.165, 1.54) is 19.3 Å². The van der Waals surface area contributed by atoms with E-state index in [-0.39, 0.29) is 0 Å². The SMILES string of the molecule is COc1cc(CNC2CCCNCC2)nn1C. The first kappa shape index (κ1) is 12.4. The lowest BCUT2D eigenvalue weighted by molar-refractivity contribution is 0.373. The minimum atomic E-state index is 0.609. The second-order valence-electron chi connectivity index (χ2n) is 4.56. The number of ether oxygens (including phenoxy) is 1. The van der Waals surface area contributed by atoms with Gasteiger partial charge in [-0.25, -0.2) is 4.68 Å². The summed E-state index contributed by atoms with van der Waals surface area (Å²) in [5.41, 5.74) is 1.04. The molecule has 1 aromatic heterocycles. The molecule has 0 bridgehead atoms. The first-order valence-electron chi connectivity index (χ1n) is 6.30. The molecule has 0 aromatic carbocycles. The van der Waals surface area contributed by atoms with Crippen LogP contribution in [0.15, 0.2) is 6.07 Å². The molecule has 0 saturated carbocycles. The van der Waals surface area contributed by atoms with E-state index in [2.05, 4.69) is 15.7 Å². The molecule has 17 heavy (non-hydrogen) atoms. The summed E-state index contributed by atoms with van der Waals surface area (Å²) in [6, 6.07) is 2.60. The van der Waals surface area contributed by atoms with Crippen LogP contribution in [0.1, 0.15) is 25.0 Å². The minimum Gasteiger partial charge on any atom is -0.481 e. The van der Waals surface area contributed by atoms with Crippen LogP contribution in [0.5, 0.6) is 5.88 Å². The highest BCUT2D eigenvalue weighted by atomic mass is 16.5. The van der Waals surface area contributed by atoms with Crippen molar-refractivity contribution in [1.82, 2.24) is 20.4 Å². The number of methoxy groups -OCH3 is 1. The average Bonchev–Trinajstić information content (AvgIpc) is 2.55. The lowest BCUT2D eigenvalue weighted by Gasteiger charge is -2.14. The van der Waals surface area contributed by atoms with Crippen molar-refractivity contribution >= 4 is 0 Å². The third-order valence-corrected chi connectivity index (χ3v) is 3.24. The van der Waals surface area contributed by atoms with Gasteiger partial charge in [0.15, 0.2) is 0 Å². The van der Waals surface area contributed by atoms with Crippen molar-refractivity contribution < 1.29 is 4.74 Å². The molecule has 5 nitrogen and oxygen atoms in total. The number of aryl methyl sites for hydroxylation is 1. The molecule has 1 aliphatic rings. The maximum absolute atomic E-state index is 5.20. The van der Waals surface area contributed by atoms with Crippen LogP contribution >= 0.6 is 0 Å². The van der Waals surface area contributed by atoms with Gasteiger partial charge in [-0.05, 0) is 32.4 Å². The fraction of sp³-hybridized carbons (Fsp3) is 0.750. The number of aromatic nitrogens is 2. The van der Waals surface area contributed by atoms with Gasteiger partial charge in [-0.2, -0.15) is 5.10 Å². The molecule has 1 aromatic rings. The topological polar surface area (TPSA) is 51.1 Å². The van der Waals surface area contributed by atoms with Gasteiger partial charge in [-0.1, -0.05) is 0 Å². The summed E-state index contributed by atoms with van der Waals surface area (Å²) in [6.45, 7) is 3.08. The predicted molar refractivity (Wildman–Crippen MR) is 67.1 cm³/mol. The normalized spacial score (nSPS) is 21.2. The Hall–Kier alpha value is -1.07. The Morgan fingerprint density at radius 2 is 2.41 bits per heavy atom. The van der Waals surface area contributed by atoms with E-state index in [1.54, 1.807) is 11.8 Å². The number of hydrogen-bond donors (Lipinski definition) is 2. The standard InChI is InChI=1S/C12H22N4O/c1-16-12(17-2)8-11(15-16)9-14-10-4-3-6-13-7-5-10/h8,10,13-14H,3-7,9H2,1-2H3. The molecular weight excluding hydrogens is 216 g/mol. The van der Waals surface area contributed by atoms with E-state index >= 15 is 0 Å². The van der Waals surface area contributed by atoms with Crippen LogP contribution in [-0.4, -0.2) is 36.0 Å². The van der Waals surface area contributed by atoms with Gasteiger partial charge in [0.2, 0.25) is 5.88 Å². The van der Waals surface area contributed by atoms with Crippen LogP contribution in [0.3, 0.4) is 0 Å². The first-order chi connectivity index (χ1) is 8.29. The summed E-state index contributed by atoms with van der Waals surface area (Å²) >= 11 is 0. The number of hydrogen-bond acceptors (Lipinski definition) is 4. The third-order valence-electron chi connectivity index (χ3n) is 3.24. The smallest absolute Gasteiger partial charge is 0.211 e. The van der Waals surface area contributed by atoms with E-state index in [4.69, 9.17) is 4.74 Å². The molecule has 2 rings (SSSR count). The van der Waals surface area contributed by atoms with Crippen LogP contribution in [-0.2, 0) is 13.6 Å². The van der Waals surface area contributed by atoms with Crippen molar-refractivity contribution in [2.45, 2.75) is 31.8 Å². The van der Waals surface area contributed by atoms with Crippen molar-refractivity contribution in [3.63, 3.8) is 0 Å². The lowest BCUT2D eigenvalue weighted by atomic mass is 10.1. The van der Waals surface area contributed by atoms with E-state index in [9.17, 15) is 0 Å². The summed E-state index contributed by atoms with van der Waals surface area (Å²) in [6.07, 6.45) is 3.70. The first-order valence-corrected chi connectivity index (χ1v) is 6.30. The zero-order valence-electron chi connectivity index (χ0n) is 10.7. The van der Waals surface area contributed by atoms with Gasteiger partial charge < -0.3 is 15.4 Å². The van der Waals surface area contributed by atoms with Crippen molar-refractivity contribution in [3.8, 4) is 5.88 Å². The van der Waals surface area contributed by atoms with E-state index in [0.29, 0.717) is 6.04 Å². The Morgan fingerprint density at radius 3 is 3.18 bits per heavy atom. The lowest BCUT2D eigenvalue weighted by Crippen LogP contribution is -2.29. The van der Waals surface area contributed by atoms with Crippen LogP contribution in [0.25, 0.3) is 0 Å². The third kappa shape index (κ3) is 3.44. The van der Waals surface area contributed by atoms with E-state index in [1.807, 2.05) is 13.1 Å². The van der Waals surface area contributed by atoms with Crippen molar-refractivity contribution in [1.29, 1.82) is 0 Å². The monoisotopic (exact) mass is 238 g/mol. The van der Waals surface area contributed by atoms with Gasteiger partial charge in [-0.15, -0.1) is 0 Å². The summed E-state index contributed by atoms with van der Waals surface area (Å²) in [5.74, 6) is 0.810. The highest BCUT2D eigenvalue weighted by Crippen LogP contribution is 2.12. The molecule has 1 fully saturated rings. The molecule has 96 valence electrons. The van der Waals surface area contributed by atoms with Gasteiger partial charge in [0.1, 0.15) is 0 Å². The molecule has 0 amide bonds. The molecular formula is C12H22N4O. The number of nitrogens with one attached hydrogen (secondary N) is 2. The molecule has 0 spiro atoms. The highest BCUT2D eigenvalue weighted by Gasteiger charge is 2.12. The predicted octanol–water partition coefficient (Wildman–Crippen LogP) is 0.660. The Balaban J connectivity index is 1.83. The fourth-order valence-corrected chi connectivity index (χ4v) is 2.26. The van der Waals surface area contributed by atoms with Crippen LogP contribution in [0.4, 0.5) is 0 Å². The second kappa shape index (κ2) is 6.02. The fourth-order valence-electron chi connectivity index (χ4n) is 2.26. The average molecular weight is 238 g/mol. The Morgan fingerprint density at radius 1 is 1.53 bits per heavy atom. The second-order valence-corrected chi connectivity index (χ2v) is 4.56. The van der Waals surface area contributed by atoms with Crippen molar-refractivity contribution in [3.05, 3.63) is 11.8 Å². The molecule has 5 heteroatoms. The number of rotatable bonds is 4. The Labute approximate surface area is 103 Å². The van der Waals surface area contributed by atoms with Crippen LogP contribution in [0.2, 0.25) is 0 Å². The minimum absolute atomic E-state index is 0.609. The van der Waals surface area contributed by atoms with E-state index in [0.717, 1.165) is 31.2 Å². The summed E-state index contributed by atoms with van der Waals surface area (Å²) < 4.78 is 6.97. The van der Waals surface area contributed by atoms with Gasteiger partial charge in [0.25, 0.3) is 0 Å². The van der Waals surface area contributed by atoms with Gasteiger partial charge in [-0.3, -0.25) is 0 Å². The van der Waals surface area contributed by atoms with Gasteiger partial charge in [0, 0.05) is 25.7 Å². The molecule has 2 N–H and O–H groups in total. The molecule has 0 radical (unpaired) electrons. The van der Waals surface area contributed by atoms with Crippen molar-refractivity contribution in [2.24, 2.45) is 7.05 Å². The molecule has 1 atom stereocenters. The summed E-state index contributed by atoms with van der Waals surface area (Å²) in [7, 11) is 3.57. The zero-order valence-corrected chi connectivity index (χ0v) is 10.7. The van der Waals surface area contributed by atoms with Crippen molar-refractivity contribution in [2.75, 3.05) is 20.2 Å². The molecule has 1 saturated heterocycles. The van der Waals surface area contributed by atoms with Gasteiger partial charge >= 0.3 is 0 Å². The Bertz CT molecular complexity index is 342. The largest absolute Gasteiger partial charge is 0.481 e. The van der Waals surface area contributed by atoms with Gasteiger partial charge in [0.05, 0.1) is 12.8 Å². The molecule has 2 heterocycles. The maximum Gasteiger partial charge on any atom is 0.211 e. The quantitative estimate of drug-likeness (QED) is 0.809. The van der Waals surface area contributed by atoms with E-state index < -0.39 is 0 Å². The molecule has 0 aliphatic carbocycles. The molecule has 1 aliphatic heterocycles. The van der Waals surface area contributed by atoms with Crippen LogP contribution < -0.4 is 15.4 Å². The zero-order chi connectivity index (χ0) is 12.1. The maximum atomic E-state index is 5.20. The number of nitrogens with zero attached hydrogens (tertiary/aromatic N) is 2. The highest BCUT2D eigenvalue weighted by molar-refractivity contribution is 5.15.